The van der Waals surface area contributed by atoms with Crippen molar-refractivity contribution in [3.05, 3.63) is 71.4 Å². The number of aryl methyl sites for hydroxylation is 1. The summed E-state index contributed by atoms with van der Waals surface area (Å²) in [4.78, 5) is 2.04. The van der Waals surface area contributed by atoms with E-state index in [9.17, 15) is 13.9 Å². The summed E-state index contributed by atoms with van der Waals surface area (Å²) in [7, 11) is 1.62. The fourth-order valence-corrected chi connectivity index (χ4v) is 3.53. The molecule has 9 heteroatoms. The predicted octanol–water partition coefficient (Wildman–Crippen LogP) is 4.49. The second-order valence-electron chi connectivity index (χ2n) is 8.58. The van der Waals surface area contributed by atoms with Crippen LogP contribution in [0.4, 0.5) is 8.78 Å². The number of aliphatic hydroxyl groups is 1. The highest BCUT2D eigenvalue weighted by atomic mass is 19.1. The van der Waals surface area contributed by atoms with Crippen molar-refractivity contribution < 1.29 is 28.1 Å². The highest BCUT2D eigenvalue weighted by Gasteiger charge is 2.23. The molecule has 1 atom stereocenters. The maximum Gasteiger partial charge on any atom is 0.227 e. The van der Waals surface area contributed by atoms with E-state index in [-0.39, 0.29) is 24.3 Å². The fourth-order valence-electron chi connectivity index (χ4n) is 3.53. The van der Waals surface area contributed by atoms with Crippen molar-refractivity contribution in [2.24, 2.45) is 0 Å². The predicted molar refractivity (Wildman–Crippen MR) is 129 cm³/mol. The van der Waals surface area contributed by atoms with Crippen LogP contribution in [0.5, 0.6) is 11.6 Å². The number of hydrogen-bond donors (Lipinski definition) is 1. The first-order valence-corrected chi connectivity index (χ1v) is 11.6. The summed E-state index contributed by atoms with van der Waals surface area (Å²) in [5, 5.41) is 15.2. The number of aliphatic hydroxyl groups excluding tert-OH is 1. The molecule has 1 heterocycles. The average molecular weight is 490 g/mol. The molecule has 0 fully saturated rings. The lowest BCUT2D eigenvalue weighted by molar-refractivity contribution is -0.0122. The highest BCUT2D eigenvalue weighted by Crippen LogP contribution is 2.32. The van der Waals surface area contributed by atoms with Crippen LogP contribution in [-0.4, -0.2) is 65.4 Å². The van der Waals surface area contributed by atoms with Gasteiger partial charge in [-0.05, 0) is 69.3 Å². The van der Waals surface area contributed by atoms with Gasteiger partial charge in [-0.25, -0.2) is 13.5 Å². The second kappa shape index (κ2) is 12.7. The van der Waals surface area contributed by atoms with Crippen molar-refractivity contribution in [2.45, 2.75) is 39.5 Å². The molecule has 1 aromatic heterocycles. The summed E-state index contributed by atoms with van der Waals surface area (Å²) in [6.45, 7) is 7.71. The average Bonchev–Trinajstić information content (AvgIpc) is 3.12. The number of aromatic nitrogens is 2. The topological polar surface area (TPSA) is 69.0 Å². The summed E-state index contributed by atoms with van der Waals surface area (Å²) >= 11 is 0. The zero-order valence-corrected chi connectivity index (χ0v) is 20.6. The van der Waals surface area contributed by atoms with Crippen molar-refractivity contribution in [2.75, 3.05) is 33.4 Å². The molecule has 7 nitrogen and oxygen atoms in total. The fraction of sp³-hybridized carbons (Fsp3) is 0.423. The van der Waals surface area contributed by atoms with Crippen LogP contribution in [0.25, 0.3) is 5.69 Å². The van der Waals surface area contributed by atoms with E-state index in [4.69, 9.17) is 14.2 Å². The van der Waals surface area contributed by atoms with Crippen molar-refractivity contribution in [1.82, 2.24) is 14.7 Å². The molecule has 0 saturated carbocycles. The van der Waals surface area contributed by atoms with Gasteiger partial charge in [0.2, 0.25) is 5.88 Å². The Kier molecular flexibility index (Phi) is 9.73. The molecule has 0 spiro atoms. The van der Waals surface area contributed by atoms with E-state index >= 15 is 0 Å². The standard InChI is InChI=1S/C26H33F2N3O4/c1-18(2)34-17-23(32)15-30(13-14-33-4)16-25-19(3)29-31(22-9-5-20(27)6-10-22)26(25)35-24-11-7-21(28)8-12-24/h5-12,18,23,32H,13-17H2,1-4H3/t23-/m0/s1. The molecule has 35 heavy (non-hydrogen) atoms. The van der Waals surface area contributed by atoms with E-state index in [1.165, 1.54) is 36.4 Å². The Morgan fingerprint density at radius 2 is 1.66 bits per heavy atom. The first-order chi connectivity index (χ1) is 16.8. The summed E-state index contributed by atoms with van der Waals surface area (Å²) < 4.78 is 45.6. The molecule has 0 aliphatic heterocycles. The lowest BCUT2D eigenvalue weighted by Gasteiger charge is -2.25. The Labute approximate surface area is 204 Å². The Balaban J connectivity index is 1.94. The third kappa shape index (κ3) is 7.83. The molecule has 0 bridgehead atoms. The largest absolute Gasteiger partial charge is 0.439 e. The Hall–Kier alpha value is -2.85. The molecular formula is C26H33F2N3O4. The number of hydrogen-bond acceptors (Lipinski definition) is 6. The van der Waals surface area contributed by atoms with Crippen LogP contribution in [0.1, 0.15) is 25.1 Å². The quantitative estimate of drug-likeness (QED) is 0.382. The zero-order chi connectivity index (χ0) is 25.4. The van der Waals surface area contributed by atoms with Crippen molar-refractivity contribution >= 4 is 0 Å². The minimum Gasteiger partial charge on any atom is -0.439 e. The number of nitrogens with zero attached hydrogens (tertiary/aromatic N) is 3. The maximum absolute atomic E-state index is 13.5. The molecule has 2 aromatic carbocycles. The Bertz CT molecular complexity index is 1060. The van der Waals surface area contributed by atoms with Gasteiger partial charge in [0.1, 0.15) is 17.4 Å². The van der Waals surface area contributed by atoms with Gasteiger partial charge >= 0.3 is 0 Å². The monoisotopic (exact) mass is 489 g/mol. The molecule has 0 amide bonds. The van der Waals surface area contributed by atoms with Crippen molar-refractivity contribution in [1.29, 1.82) is 0 Å². The van der Waals surface area contributed by atoms with Gasteiger partial charge in [-0.15, -0.1) is 0 Å². The van der Waals surface area contributed by atoms with Gasteiger partial charge in [0.05, 0.1) is 42.4 Å². The first-order valence-electron chi connectivity index (χ1n) is 11.6. The molecule has 0 unspecified atom stereocenters. The third-order valence-electron chi connectivity index (χ3n) is 5.32. The van der Waals surface area contributed by atoms with Gasteiger partial charge in [-0.1, -0.05) is 0 Å². The molecule has 0 aliphatic carbocycles. The molecule has 0 radical (unpaired) electrons. The summed E-state index contributed by atoms with van der Waals surface area (Å²) in [6, 6.07) is 11.6. The van der Waals surface area contributed by atoms with Crippen molar-refractivity contribution in [3.8, 4) is 17.3 Å². The molecule has 3 aromatic rings. The van der Waals surface area contributed by atoms with Crippen LogP contribution in [0.2, 0.25) is 0 Å². The molecular weight excluding hydrogens is 456 g/mol. The van der Waals surface area contributed by atoms with Crippen LogP contribution < -0.4 is 4.74 Å². The van der Waals surface area contributed by atoms with Gasteiger partial charge in [0, 0.05) is 26.7 Å². The zero-order valence-electron chi connectivity index (χ0n) is 20.6. The number of ether oxygens (including phenoxy) is 3. The molecule has 0 aliphatic rings. The number of benzene rings is 2. The minimum absolute atomic E-state index is 0.0176. The van der Waals surface area contributed by atoms with E-state index in [0.717, 1.165) is 5.56 Å². The van der Waals surface area contributed by atoms with Gasteiger partial charge in [0.25, 0.3) is 0 Å². The van der Waals surface area contributed by atoms with Gasteiger partial charge < -0.3 is 19.3 Å². The van der Waals surface area contributed by atoms with Gasteiger partial charge in [0.15, 0.2) is 0 Å². The molecule has 0 saturated heterocycles. The van der Waals surface area contributed by atoms with Crippen LogP contribution in [0.15, 0.2) is 48.5 Å². The molecule has 190 valence electrons. The summed E-state index contributed by atoms with van der Waals surface area (Å²) in [6.07, 6.45) is -0.674. The Morgan fingerprint density at radius 1 is 1.03 bits per heavy atom. The Morgan fingerprint density at radius 3 is 2.26 bits per heavy atom. The van der Waals surface area contributed by atoms with Crippen LogP contribution >= 0.6 is 0 Å². The second-order valence-corrected chi connectivity index (χ2v) is 8.58. The number of methoxy groups -OCH3 is 1. The van der Waals surface area contributed by atoms with Gasteiger partial charge in [-0.2, -0.15) is 5.10 Å². The summed E-state index contributed by atoms with van der Waals surface area (Å²) in [5.74, 6) is 0.132. The molecule has 3 rings (SSSR count). The van der Waals surface area contributed by atoms with E-state index in [0.29, 0.717) is 49.3 Å². The maximum atomic E-state index is 13.5. The van der Waals surface area contributed by atoms with Crippen molar-refractivity contribution in [3.63, 3.8) is 0 Å². The summed E-state index contributed by atoms with van der Waals surface area (Å²) in [5.41, 5.74) is 2.11. The third-order valence-corrected chi connectivity index (χ3v) is 5.32. The minimum atomic E-state index is -0.692. The lowest BCUT2D eigenvalue weighted by atomic mass is 10.2. The SMILES string of the molecule is COCCN(Cc1c(C)nn(-c2ccc(F)cc2)c1Oc1ccc(F)cc1)C[C@H](O)COC(C)C. The highest BCUT2D eigenvalue weighted by molar-refractivity contribution is 5.43. The first kappa shape index (κ1) is 26.7. The lowest BCUT2D eigenvalue weighted by Crippen LogP contribution is -2.37. The van der Waals surface area contributed by atoms with E-state index in [1.807, 2.05) is 25.7 Å². The van der Waals surface area contributed by atoms with E-state index in [1.54, 1.807) is 23.9 Å². The van der Waals surface area contributed by atoms with Crippen LogP contribution in [-0.2, 0) is 16.0 Å². The number of rotatable bonds is 13. The van der Waals surface area contributed by atoms with Crippen LogP contribution in [0, 0.1) is 18.6 Å². The normalized spacial score (nSPS) is 12.5. The van der Waals surface area contributed by atoms with E-state index in [2.05, 4.69) is 5.10 Å². The smallest absolute Gasteiger partial charge is 0.227 e. The van der Waals surface area contributed by atoms with Crippen LogP contribution in [0.3, 0.4) is 0 Å². The van der Waals surface area contributed by atoms with E-state index < -0.39 is 6.10 Å². The van der Waals surface area contributed by atoms with Gasteiger partial charge in [-0.3, -0.25) is 4.90 Å². The number of halogens is 2. The molecule has 1 N–H and O–H groups in total.